The minimum atomic E-state index is -0.387. The second-order valence-corrected chi connectivity index (χ2v) is 5.01. The summed E-state index contributed by atoms with van der Waals surface area (Å²) in [6.45, 7) is 2.47. The Hall–Kier alpha value is -3.02. The van der Waals surface area contributed by atoms with Crippen molar-refractivity contribution in [2.75, 3.05) is 13.7 Å². The molecule has 2 amide bonds. The second-order valence-electron chi connectivity index (χ2n) is 5.01. The van der Waals surface area contributed by atoms with E-state index >= 15 is 0 Å². The van der Waals surface area contributed by atoms with E-state index in [1.807, 2.05) is 6.92 Å². The van der Waals surface area contributed by atoms with Crippen molar-refractivity contribution in [1.29, 1.82) is 0 Å². The number of amides is 2. The summed E-state index contributed by atoms with van der Waals surface area (Å²) in [5.74, 6) is 0.377. The van der Waals surface area contributed by atoms with Crippen molar-refractivity contribution in [3.63, 3.8) is 0 Å². The molecule has 0 fully saturated rings. The fourth-order valence-corrected chi connectivity index (χ4v) is 1.94. The first-order valence-corrected chi connectivity index (χ1v) is 7.63. The number of ether oxygens (including phenoxy) is 1. The van der Waals surface area contributed by atoms with Gasteiger partial charge >= 0.3 is 0 Å². The molecule has 0 aliphatic carbocycles. The number of carbonyl (C=O) groups excluding carboxylic acids is 2. The van der Waals surface area contributed by atoms with Crippen molar-refractivity contribution in [2.45, 2.75) is 13.3 Å². The first-order valence-electron chi connectivity index (χ1n) is 7.63. The smallest absolute Gasteiger partial charge is 0.267 e. The molecule has 0 saturated carbocycles. The molecule has 0 aliphatic rings. The Labute approximate surface area is 140 Å². The summed E-state index contributed by atoms with van der Waals surface area (Å²) < 4.78 is 10.3. The van der Waals surface area contributed by atoms with E-state index in [-0.39, 0.29) is 17.5 Å². The molecule has 24 heavy (non-hydrogen) atoms. The number of nitrogens with one attached hydrogen (secondary N) is 2. The highest BCUT2D eigenvalue weighted by atomic mass is 16.5. The lowest BCUT2D eigenvalue weighted by Gasteiger charge is -2.10. The highest BCUT2D eigenvalue weighted by molar-refractivity contribution is 6.05. The van der Waals surface area contributed by atoms with Gasteiger partial charge in [-0.1, -0.05) is 6.92 Å². The van der Waals surface area contributed by atoms with Gasteiger partial charge in [0.2, 0.25) is 0 Å². The van der Waals surface area contributed by atoms with Crippen LogP contribution in [-0.4, -0.2) is 25.5 Å². The SMILES string of the molecule is CCCNC(=O)/C(=C\c1ccco1)NC(=O)c1ccc(OC)cc1. The zero-order valence-electron chi connectivity index (χ0n) is 13.7. The summed E-state index contributed by atoms with van der Waals surface area (Å²) in [4.78, 5) is 24.6. The molecule has 0 radical (unpaired) electrons. The maximum atomic E-state index is 12.4. The molecule has 2 N–H and O–H groups in total. The van der Waals surface area contributed by atoms with E-state index in [9.17, 15) is 9.59 Å². The fraction of sp³-hybridized carbons (Fsp3) is 0.222. The van der Waals surface area contributed by atoms with Crippen molar-refractivity contribution in [3.05, 3.63) is 59.7 Å². The molecule has 126 valence electrons. The number of furan rings is 1. The predicted octanol–water partition coefficient (Wildman–Crippen LogP) is 2.59. The number of methoxy groups -OCH3 is 1. The Bertz CT molecular complexity index is 703. The Morgan fingerprint density at radius 2 is 1.96 bits per heavy atom. The van der Waals surface area contributed by atoms with E-state index in [2.05, 4.69) is 10.6 Å². The third-order valence-electron chi connectivity index (χ3n) is 3.21. The van der Waals surface area contributed by atoms with Crippen LogP contribution in [0.1, 0.15) is 29.5 Å². The van der Waals surface area contributed by atoms with Crippen LogP contribution in [0.4, 0.5) is 0 Å². The van der Waals surface area contributed by atoms with Crippen LogP contribution in [0.3, 0.4) is 0 Å². The molecule has 0 spiro atoms. The summed E-state index contributed by atoms with van der Waals surface area (Å²) in [5.41, 5.74) is 0.545. The quantitative estimate of drug-likeness (QED) is 0.766. The van der Waals surface area contributed by atoms with Crippen molar-refractivity contribution in [2.24, 2.45) is 0 Å². The van der Waals surface area contributed by atoms with Gasteiger partial charge in [0.25, 0.3) is 11.8 Å². The molecule has 0 atom stereocenters. The minimum absolute atomic E-state index is 0.124. The summed E-state index contributed by atoms with van der Waals surface area (Å²) in [5, 5.41) is 5.36. The molecule has 2 rings (SSSR count). The van der Waals surface area contributed by atoms with Gasteiger partial charge in [0.1, 0.15) is 17.2 Å². The Morgan fingerprint density at radius 3 is 2.54 bits per heavy atom. The zero-order valence-corrected chi connectivity index (χ0v) is 13.7. The Morgan fingerprint density at radius 1 is 1.21 bits per heavy atom. The van der Waals surface area contributed by atoms with Gasteiger partial charge in [-0.15, -0.1) is 0 Å². The first kappa shape index (κ1) is 17.3. The van der Waals surface area contributed by atoms with Crippen LogP contribution in [0.2, 0.25) is 0 Å². The number of carbonyl (C=O) groups is 2. The van der Waals surface area contributed by atoms with Crippen LogP contribution in [0.25, 0.3) is 6.08 Å². The highest BCUT2D eigenvalue weighted by Crippen LogP contribution is 2.12. The van der Waals surface area contributed by atoms with E-state index < -0.39 is 0 Å². The van der Waals surface area contributed by atoms with E-state index in [4.69, 9.17) is 9.15 Å². The summed E-state index contributed by atoms with van der Waals surface area (Å²) in [6, 6.07) is 10.0. The summed E-state index contributed by atoms with van der Waals surface area (Å²) in [6.07, 6.45) is 3.79. The van der Waals surface area contributed by atoms with E-state index in [1.165, 1.54) is 12.3 Å². The van der Waals surface area contributed by atoms with Crippen LogP contribution < -0.4 is 15.4 Å². The minimum Gasteiger partial charge on any atom is -0.497 e. The number of benzene rings is 1. The lowest BCUT2D eigenvalue weighted by atomic mass is 10.2. The van der Waals surface area contributed by atoms with Crippen molar-refractivity contribution in [1.82, 2.24) is 10.6 Å². The van der Waals surface area contributed by atoms with Crippen LogP contribution in [0.15, 0.2) is 52.8 Å². The van der Waals surface area contributed by atoms with Gasteiger partial charge in [0.05, 0.1) is 13.4 Å². The molecule has 6 nitrogen and oxygen atoms in total. The number of hydrogen-bond donors (Lipinski definition) is 2. The standard InChI is InChI=1S/C18H20N2O4/c1-3-10-19-18(22)16(12-15-5-4-11-24-15)20-17(21)13-6-8-14(23-2)9-7-13/h4-9,11-12H,3,10H2,1-2H3,(H,19,22)(H,20,21)/b16-12+. The normalized spacial score (nSPS) is 11.0. The Kier molecular flexibility index (Phi) is 6.19. The maximum Gasteiger partial charge on any atom is 0.267 e. The van der Waals surface area contributed by atoms with Gasteiger partial charge in [0, 0.05) is 18.2 Å². The molecular formula is C18H20N2O4. The Balaban J connectivity index is 2.17. The molecule has 0 bridgehead atoms. The molecule has 0 unspecified atom stereocenters. The van der Waals surface area contributed by atoms with Gasteiger partial charge in [-0.2, -0.15) is 0 Å². The lowest BCUT2D eigenvalue weighted by Crippen LogP contribution is -2.35. The van der Waals surface area contributed by atoms with Crippen molar-refractivity contribution >= 4 is 17.9 Å². The third kappa shape index (κ3) is 4.74. The average Bonchev–Trinajstić information content (AvgIpc) is 3.12. The lowest BCUT2D eigenvalue weighted by molar-refractivity contribution is -0.117. The predicted molar refractivity (Wildman–Crippen MR) is 90.4 cm³/mol. The largest absolute Gasteiger partial charge is 0.497 e. The number of rotatable bonds is 7. The molecule has 6 heteroatoms. The topological polar surface area (TPSA) is 80.6 Å². The molecule has 2 aromatic rings. The molecule has 0 aliphatic heterocycles. The first-order chi connectivity index (χ1) is 11.6. The van der Waals surface area contributed by atoms with Gasteiger partial charge in [-0.25, -0.2) is 0 Å². The van der Waals surface area contributed by atoms with E-state index in [1.54, 1.807) is 43.5 Å². The van der Waals surface area contributed by atoms with Crippen LogP contribution in [0, 0.1) is 0 Å². The molecule has 1 aromatic heterocycles. The molecule has 1 heterocycles. The maximum absolute atomic E-state index is 12.4. The fourth-order valence-electron chi connectivity index (χ4n) is 1.94. The van der Waals surface area contributed by atoms with Gasteiger partial charge in [-0.05, 0) is 42.8 Å². The second kappa shape index (κ2) is 8.57. The monoisotopic (exact) mass is 328 g/mol. The van der Waals surface area contributed by atoms with E-state index in [0.29, 0.717) is 23.6 Å². The number of hydrogen-bond acceptors (Lipinski definition) is 4. The van der Waals surface area contributed by atoms with E-state index in [0.717, 1.165) is 6.42 Å². The molecular weight excluding hydrogens is 308 g/mol. The summed E-state index contributed by atoms with van der Waals surface area (Å²) >= 11 is 0. The zero-order chi connectivity index (χ0) is 17.4. The highest BCUT2D eigenvalue weighted by Gasteiger charge is 2.15. The van der Waals surface area contributed by atoms with Gasteiger partial charge < -0.3 is 19.8 Å². The van der Waals surface area contributed by atoms with Gasteiger partial charge in [0.15, 0.2) is 0 Å². The molecule has 1 aromatic carbocycles. The van der Waals surface area contributed by atoms with Crippen LogP contribution in [0.5, 0.6) is 5.75 Å². The van der Waals surface area contributed by atoms with Crippen molar-refractivity contribution < 1.29 is 18.7 Å². The van der Waals surface area contributed by atoms with Crippen molar-refractivity contribution in [3.8, 4) is 5.75 Å². The molecule has 0 saturated heterocycles. The van der Waals surface area contributed by atoms with Gasteiger partial charge in [-0.3, -0.25) is 9.59 Å². The average molecular weight is 328 g/mol. The van der Waals surface area contributed by atoms with Crippen LogP contribution >= 0.6 is 0 Å². The summed E-state index contributed by atoms with van der Waals surface area (Å²) in [7, 11) is 1.55. The third-order valence-corrected chi connectivity index (χ3v) is 3.21. The van der Waals surface area contributed by atoms with Crippen LogP contribution in [-0.2, 0) is 4.79 Å².